The second-order valence-electron chi connectivity index (χ2n) is 16.4. The van der Waals surface area contributed by atoms with E-state index in [1.165, 1.54) is 0 Å². The van der Waals surface area contributed by atoms with Crippen molar-refractivity contribution >= 4 is 24.1 Å². The van der Waals surface area contributed by atoms with Gasteiger partial charge in [-0.3, -0.25) is 0 Å². The van der Waals surface area contributed by atoms with Crippen molar-refractivity contribution in [2.24, 2.45) is 22.9 Å². The fourth-order valence-electron chi connectivity index (χ4n) is 7.58. The molecule has 0 aromatic rings. The summed E-state index contributed by atoms with van der Waals surface area (Å²) in [5.41, 5.74) is 22.0. The van der Waals surface area contributed by atoms with Gasteiger partial charge in [-0.05, 0) is 6.42 Å². The van der Waals surface area contributed by atoms with Gasteiger partial charge in [-0.25, -0.2) is 19.2 Å². The highest BCUT2D eigenvalue weighted by Gasteiger charge is 2.54. The number of aliphatic hydroxyl groups is 7. The fourth-order valence-corrected chi connectivity index (χ4v) is 7.58. The lowest BCUT2D eigenvalue weighted by atomic mass is 9.83. The minimum absolute atomic E-state index is 0.119. The monoisotopic (exact) mass is 1000 g/mol. The Bertz CT molecular complexity index is 1480. The summed E-state index contributed by atoms with van der Waals surface area (Å²) in [5.74, 6) is 0. The molecule has 3 rings (SSSR count). The third-order valence-corrected chi connectivity index (χ3v) is 11.1. The number of hydrogen-bond donors (Lipinski definition) is 23. The largest absolute Gasteiger partial charge is 0.394 e. The molecule has 15 unspecified atom stereocenters. The molecule has 8 amide bonds. The molecule has 27 N–H and O–H groups in total. The number of urea groups is 4. The molecule has 1 saturated carbocycles. The molecular formula is C38H80N16O15. The summed E-state index contributed by atoms with van der Waals surface area (Å²) in [6.07, 6.45) is -21.4. The number of aliphatic hydroxyl groups excluding tert-OH is 7. The van der Waals surface area contributed by atoms with E-state index in [9.17, 15) is 54.9 Å². The molecule has 31 nitrogen and oxygen atoms in total. The lowest BCUT2D eigenvalue weighted by molar-refractivity contribution is -0.334. The Labute approximate surface area is 400 Å². The van der Waals surface area contributed by atoms with E-state index in [1.54, 1.807) is 0 Å². The minimum atomic E-state index is -1.98. The summed E-state index contributed by atoms with van der Waals surface area (Å²) in [7, 11) is 0. The summed E-state index contributed by atoms with van der Waals surface area (Å²) in [5, 5.41) is 111. The van der Waals surface area contributed by atoms with Gasteiger partial charge in [0.15, 0.2) is 12.6 Å². The van der Waals surface area contributed by atoms with Gasteiger partial charge in [0.1, 0.15) is 61.0 Å². The van der Waals surface area contributed by atoms with Crippen LogP contribution in [0.15, 0.2) is 0 Å². The molecule has 2 heterocycles. The highest BCUT2D eigenvalue weighted by molar-refractivity contribution is 5.75. The zero-order chi connectivity index (χ0) is 50.7. The summed E-state index contributed by atoms with van der Waals surface area (Å²) in [4.78, 5) is 52.2. The van der Waals surface area contributed by atoms with Gasteiger partial charge in [-0.2, -0.15) is 0 Å². The topological polar surface area (TPSA) is 495 Å². The van der Waals surface area contributed by atoms with Crippen molar-refractivity contribution in [3.63, 3.8) is 0 Å². The summed E-state index contributed by atoms with van der Waals surface area (Å²) < 4.78 is 24.1. The third-order valence-electron chi connectivity index (χ3n) is 11.1. The molecule has 3 fully saturated rings. The number of carbonyl (C=O) groups excluding carboxylic acids is 4. The fraction of sp³-hybridized carbons (Fsp3) is 0.895. The molecule has 0 aromatic heterocycles. The van der Waals surface area contributed by atoms with Gasteiger partial charge < -0.3 is 141 Å². The standard InChI is InChI=1S/C38H80N16O15/c39-1-5-43-9-13-47-35(62)51-18-22-26(57)28(59)29(60)34(66-22)69-32-21(53-37(64)49-15-11-45-7-3-41)17-20(52-36(63)48-14-10-44-6-2-40)31(30(32)61)68-33-27(58)24(25(56)23(19-55)67-33)54-38(65)50-16-12-46-8-4-42/h20-34,43-46,55-61H,1-19,39-42H2,(H2,47,51,62)(H2,48,52,63)(H2,49,53,64)(H2,50,54,65). The number of amides is 8. The van der Waals surface area contributed by atoms with E-state index in [1.807, 2.05) is 0 Å². The number of nitrogens with two attached hydrogens (primary N) is 4. The van der Waals surface area contributed by atoms with Gasteiger partial charge in [-0.1, -0.05) is 0 Å². The summed E-state index contributed by atoms with van der Waals surface area (Å²) in [6, 6.07) is -7.05. The molecule has 0 radical (unpaired) electrons. The van der Waals surface area contributed by atoms with Crippen LogP contribution in [0.25, 0.3) is 0 Å². The van der Waals surface area contributed by atoms with Crippen molar-refractivity contribution in [2.75, 3.05) is 118 Å². The van der Waals surface area contributed by atoms with E-state index < -0.39 is 129 Å². The zero-order valence-electron chi connectivity index (χ0n) is 38.8. The zero-order valence-corrected chi connectivity index (χ0v) is 38.8. The average molecular weight is 1000 g/mol. The number of hydrogen-bond acceptors (Lipinski definition) is 23. The second kappa shape index (κ2) is 33.1. The van der Waals surface area contributed by atoms with E-state index in [0.717, 1.165) is 0 Å². The lowest BCUT2D eigenvalue weighted by Crippen LogP contribution is -2.71. The highest BCUT2D eigenvalue weighted by atomic mass is 16.7. The first-order valence-electron chi connectivity index (χ1n) is 23.3. The average Bonchev–Trinajstić information content (AvgIpc) is 3.32. The third kappa shape index (κ3) is 20.2. The van der Waals surface area contributed by atoms with Crippen LogP contribution in [0, 0.1) is 0 Å². The predicted molar refractivity (Wildman–Crippen MR) is 245 cm³/mol. The van der Waals surface area contributed by atoms with Crippen molar-refractivity contribution in [3.8, 4) is 0 Å². The van der Waals surface area contributed by atoms with E-state index >= 15 is 0 Å². The number of ether oxygens (including phenoxy) is 4. The SMILES string of the molecule is NCCNCCNC(=O)NCC1OC(OC2C(NC(=O)NCCNCCN)CC(NC(=O)NCCNCCN)C(OC3OC(CO)C(O)C(NC(=O)NCCNCCN)C3O)C2O)C(O)C(O)C1O. The predicted octanol–water partition coefficient (Wildman–Crippen LogP) is -11.7. The second-order valence-corrected chi connectivity index (χ2v) is 16.4. The first kappa shape index (κ1) is 59.6. The molecule has 69 heavy (non-hydrogen) atoms. The van der Waals surface area contributed by atoms with Crippen LogP contribution in [0.1, 0.15) is 6.42 Å². The van der Waals surface area contributed by atoms with Gasteiger partial charge >= 0.3 is 24.1 Å². The molecule has 1 aliphatic carbocycles. The van der Waals surface area contributed by atoms with Crippen molar-refractivity contribution in [3.05, 3.63) is 0 Å². The van der Waals surface area contributed by atoms with Crippen LogP contribution >= 0.6 is 0 Å². The van der Waals surface area contributed by atoms with Gasteiger partial charge in [0.25, 0.3) is 0 Å². The number of carbonyl (C=O) groups is 4. The van der Waals surface area contributed by atoms with Gasteiger partial charge in [0.05, 0.1) is 24.7 Å². The Balaban J connectivity index is 1.95. The van der Waals surface area contributed by atoms with Crippen molar-refractivity contribution < 1.29 is 73.9 Å². The van der Waals surface area contributed by atoms with Gasteiger partial charge in [-0.15, -0.1) is 0 Å². The lowest BCUT2D eigenvalue weighted by Gasteiger charge is -2.49. The molecule has 15 atom stereocenters. The van der Waals surface area contributed by atoms with Gasteiger partial charge in [0.2, 0.25) is 0 Å². The maximum atomic E-state index is 13.4. The molecule has 0 bridgehead atoms. The van der Waals surface area contributed by atoms with Crippen LogP contribution in [-0.2, 0) is 18.9 Å². The molecule has 0 aromatic carbocycles. The van der Waals surface area contributed by atoms with Crippen LogP contribution < -0.4 is 86.7 Å². The Morgan fingerprint density at radius 3 is 1.29 bits per heavy atom. The van der Waals surface area contributed by atoms with Crippen LogP contribution in [0.3, 0.4) is 0 Å². The smallest absolute Gasteiger partial charge is 0.315 e. The van der Waals surface area contributed by atoms with E-state index in [0.29, 0.717) is 78.5 Å². The Morgan fingerprint density at radius 1 is 0.449 bits per heavy atom. The maximum absolute atomic E-state index is 13.4. The van der Waals surface area contributed by atoms with Gasteiger partial charge in [0, 0.05) is 111 Å². The molecule has 3 aliphatic rings. The normalized spacial score (nSPS) is 31.3. The first-order chi connectivity index (χ1) is 33.2. The van der Waals surface area contributed by atoms with Crippen LogP contribution in [0.5, 0.6) is 0 Å². The quantitative estimate of drug-likeness (QED) is 0.0297. The number of rotatable bonds is 30. The summed E-state index contributed by atoms with van der Waals surface area (Å²) >= 11 is 0. The van der Waals surface area contributed by atoms with Crippen LogP contribution in [0.2, 0.25) is 0 Å². The van der Waals surface area contributed by atoms with E-state index in [4.69, 9.17) is 41.9 Å². The van der Waals surface area contributed by atoms with E-state index in [-0.39, 0.29) is 32.6 Å². The Hall–Kier alpha value is -3.68. The Kier molecular flexibility index (Phi) is 28.6. The van der Waals surface area contributed by atoms with Crippen LogP contribution in [-0.4, -0.2) is 269 Å². The molecule has 31 heteroatoms. The van der Waals surface area contributed by atoms with E-state index in [2.05, 4.69) is 63.8 Å². The molecular weight excluding hydrogens is 921 g/mol. The summed E-state index contributed by atoms with van der Waals surface area (Å²) in [6.45, 7) is 4.21. The van der Waals surface area contributed by atoms with Crippen molar-refractivity contribution in [2.45, 2.75) is 98.2 Å². The molecule has 2 saturated heterocycles. The van der Waals surface area contributed by atoms with Crippen LogP contribution in [0.4, 0.5) is 19.2 Å². The number of nitrogens with one attached hydrogen (secondary N) is 12. The maximum Gasteiger partial charge on any atom is 0.315 e. The Morgan fingerprint density at radius 2 is 0.855 bits per heavy atom. The van der Waals surface area contributed by atoms with Crippen molar-refractivity contribution in [1.29, 1.82) is 0 Å². The minimum Gasteiger partial charge on any atom is -0.394 e. The van der Waals surface area contributed by atoms with Crippen molar-refractivity contribution in [1.82, 2.24) is 63.8 Å². The first-order valence-corrected chi connectivity index (χ1v) is 23.3. The highest BCUT2D eigenvalue weighted by Crippen LogP contribution is 2.33. The molecule has 0 spiro atoms. The molecule has 2 aliphatic heterocycles. The molecule has 402 valence electrons.